The molecule has 1 saturated heterocycles. The van der Waals surface area contributed by atoms with E-state index in [-0.39, 0.29) is 5.91 Å². The molecule has 0 atom stereocenters. The Balaban J connectivity index is 2.01. The van der Waals surface area contributed by atoms with Crippen LogP contribution < -0.4 is 5.32 Å². The SMILES string of the molecule is CCCc1nc(C(=O)N2CCNCC2)cs1. The zero-order valence-corrected chi connectivity index (χ0v) is 10.3. The van der Waals surface area contributed by atoms with E-state index in [4.69, 9.17) is 0 Å². The van der Waals surface area contributed by atoms with Gasteiger partial charge in [-0.2, -0.15) is 0 Å². The van der Waals surface area contributed by atoms with Crippen molar-refractivity contribution in [1.82, 2.24) is 15.2 Å². The highest BCUT2D eigenvalue weighted by Crippen LogP contribution is 2.13. The number of carbonyl (C=O) groups excluding carboxylic acids is 1. The largest absolute Gasteiger partial charge is 0.335 e. The van der Waals surface area contributed by atoms with Crippen LogP contribution in [-0.2, 0) is 6.42 Å². The van der Waals surface area contributed by atoms with Crippen LogP contribution in [-0.4, -0.2) is 42.0 Å². The lowest BCUT2D eigenvalue weighted by atomic mass is 10.3. The molecule has 0 aromatic carbocycles. The van der Waals surface area contributed by atoms with Crippen molar-refractivity contribution in [2.75, 3.05) is 26.2 Å². The van der Waals surface area contributed by atoms with Gasteiger partial charge >= 0.3 is 0 Å². The molecule has 2 rings (SSSR count). The summed E-state index contributed by atoms with van der Waals surface area (Å²) in [5.74, 6) is 0.0834. The first-order chi connectivity index (χ1) is 7.81. The van der Waals surface area contributed by atoms with Crippen LogP contribution in [0.1, 0.15) is 28.8 Å². The van der Waals surface area contributed by atoms with Gasteiger partial charge in [0.25, 0.3) is 5.91 Å². The average Bonchev–Trinajstić information content (AvgIpc) is 2.78. The number of amides is 1. The van der Waals surface area contributed by atoms with Gasteiger partial charge in [-0.3, -0.25) is 4.79 Å². The minimum atomic E-state index is 0.0834. The Morgan fingerprint density at radius 1 is 1.56 bits per heavy atom. The van der Waals surface area contributed by atoms with E-state index in [2.05, 4.69) is 17.2 Å². The van der Waals surface area contributed by atoms with Gasteiger partial charge in [0.2, 0.25) is 0 Å². The fraction of sp³-hybridized carbons (Fsp3) is 0.636. The first kappa shape index (κ1) is 11.5. The van der Waals surface area contributed by atoms with Gasteiger partial charge in [0.05, 0.1) is 5.01 Å². The Morgan fingerprint density at radius 2 is 2.31 bits per heavy atom. The maximum absolute atomic E-state index is 12.1. The predicted octanol–water partition coefficient (Wildman–Crippen LogP) is 1.14. The number of nitrogens with zero attached hydrogens (tertiary/aromatic N) is 2. The maximum atomic E-state index is 12.1. The third-order valence-corrected chi connectivity index (χ3v) is 3.55. The van der Waals surface area contributed by atoms with Crippen molar-refractivity contribution >= 4 is 17.2 Å². The van der Waals surface area contributed by atoms with Crippen LogP contribution in [0.3, 0.4) is 0 Å². The second-order valence-electron chi connectivity index (χ2n) is 3.92. The molecular weight excluding hydrogens is 222 g/mol. The Bertz CT molecular complexity index is 358. The van der Waals surface area contributed by atoms with E-state index >= 15 is 0 Å². The Labute approximate surface area is 99.7 Å². The predicted molar refractivity (Wildman–Crippen MR) is 64.9 cm³/mol. The van der Waals surface area contributed by atoms with E-state index in [1.54, 1.807) is 11.3 Å². The van der Waals surface area contributed by atoms with Gasteiger partial charge in [-0.1, -0.05) is 6.92 Å². The summed E-state index contributed by atoms with van der Waals surface area (Å²) < 4.78 is 0. The van der Waals surface area contributed by atoms with Crippen LogP contribution >= 0.6 is 11.3 Å². The second-order valence-corrected chi connectivity index (χ2v) is 4.86. The molecule has 1 amide bonds. The average molecular weight is 239 g/mol. The molecule has 1 fully saturated rings. The second kappa shape index (κ2) is 5.41. The lowest BCUT2D eigenvalue weighted by molar-refractivity contribution is 0.0730. The summed E-state index contributed by atoms with van der Waals surface area (Å²) in [5.41, 5.74) is 0.621. The van der Waals surface area contributed by atoms with E-state index in [0.29, 0.717) is 5.69 Å². The van der Waals surface area contributed by atoms with Crippen molar-refractivity contribution < 1.29 is 4.79 Å². The highest BCUT2D eigenvalue weighted by molar-refractivity contribution is 7.09. The van der Waals surface area contributed by atoms with E-state index in [9.17, 15) is 4.79 Å². The summed E-state index contributed by atoms with van der Waals surface area (Å²) in [5, 5.41) is 6.19. The van der Waals surface area contributed by atoms with E-state index in [1.807, 2.05) is 10.3 Å². The fourth-order valence-electron chi connectivity index (χ4n) is 1.77. The minimum Gasteiger partial charge on any atom is -0.335 e. The monoisotopic (exact) mass is 239 g/mol. The lowest BCUT2D eigenvalue weighted by Crippen LogP contribution is -2.46. The Hall–Kier alpha value is -0.940. The molecule has 5 heteroatoms. The van der Waals surface area contributed by atoms with Crippen molar-refractivity contribution in [2.45, 2.75) is 19.8 Å². The van der Waals surface area contributed by atoms with Gasteiger partial charge in [0, 0.05) is 31.6 Å². The number of hydrogen-bond acceptors (Lipinski definition) is 4. The molecule has 4 nitrogen and oxygen atoms in total. The third kappa shape index (κ3) is 2.59. The molecule has 0 unspecified atom stereocenters. The summed E-state index contributed by atoms with van der Waals surface area (Å²) in [6, 6.07) is 0. The number of rotatable bonds is 3. The van der Waals surface area contributed by atoms with Gasteiger partial charge in [-0.05, 0) is 12.8 Å². The molecule has 1 aromatic rings. The Morgan fingerprint density at radius 3 is 3.00 bits per heavy atom. The first-order valence-corrected chi connectivity index (χ1v) is 6.63. The highest BCUT2D eigenvalue weighted by atomic mass is 32.1. The number of piperazine rings is 1. The molecule has 1 aromatic heterocycles. The number of thiazole rings is 1. The van der Waals surface area contributed by atoms with Crippen molar-refractivity contribution in [3.63, 3.8) is 0 Å². The molecule has 16 heavy (non-hydrogen) atoms. The summed E-state index contributed by atoms with van der Waals surface area (Å²) in [6.45, 7) is 5.48. The summed E-state index contributed by atoms with van der Waals surface area (Å²) in [6.07, 6.45) is 2.05. The molecule has 0 spiro atoms. The number of carbonyl (C=O) groups is 1. The van der Waals surface area contributed by atoms with Crippen LogP contribution in [0.5, 0.6) is 0 Å². The lowest BCUT2D eigenvalue weighted by Gasteiger charge is -2.26. The van der Waals surface area contributed by atoms with Crippen molar-refractivity contribution in [1.29, 1.82) is 0 Å². The van der Waals surface area contributed by atoms with Gasteiger partial charge in [0.15, 0.2) is 0 Å². The number of nitrogens with one attached hydrogen (secondary N) is 1. The molecule has 0 radical (unpaired) electrons. The number of aromatic nitrogens is 1. The quantitative estimate of drug-likeness (QED) is 0.860. The molecule has 1 N–H and O–H groups in total. The summed E-state index contributed by atoms with van der Waals surface area (Å²) in [7, 11) is 0. The molecule has 88 valence electrons. The topological polar surface area (TPSA) is 45.2 Å². The zero-order valence-electron chi connectivity index (χ0n) is 9.53. The smallest absolute Gasteiger partial charge is 0.273 e. The van der Waals surface area contributed by atoms with Crippen molar-refractivity contribution in [2.24, 2.45) is 0 Å². The number of aryl methyl sites for hydroxylation is 1. The summed E-state index contributed by atoms with van der Waals surface area (Å²) in [4.78, 5) is 18.3. The molecular formula is C11H17N3OS. The van der Waals surface area contributed by atoms with Gasteiger partial charge < -0.3 is 10.2 Å². The van der Waals surface area contributed by atoms with Crippen LogP contribution in [0, 0.1) is 0 Å². The van der Waals surface area contributed by atoms with Gasteiger partial charge in [-0.25, -0.2) is 4.98 Å². The van der Waals surface area contributed by atoms with Gasteiger partial charge in [-0.15, -0.1) is 11.3 Å². The van der Waals surface area contributed by atoms with Crippen LogP contribution in [0.2, 0.25) is 0 Å². The van der Waals surface area contributed by atoms with Crippen LogP contribution in [0.4, 0.5) is 0 Å². The third-order valence-electron chi connectivity index (χ3n) is 2.64. The fourth-order valence-corrected chi connectivity index (χ4v) is 2.64. The van der Waals surface area contributed by atoms with Crippen molar-refractivity contribution in [3.05, 3.63) is 16.1 Å². The normalized spacial score (nSPS) is 16.4. The van der Waals surface area contributed by atoms with E-state index in [1.165, 1.54) is 0 Å². The number of hydrogen-bond donors (Lipinski definition) is 1. The molecule has 1 aliphatic heterocycles. The van der Waals surface area contributed by atoms with E-state index in [0.717, 1.165) is 44.0 Å². The molecule has 0 saturated carbocycles. The highest BCUT2D eigenvalue weighted by Gasteiger charge is 2.19. The zero-order chi connectivity index (χ0) is 11.4. The van der Waals surface area contributed by atoms with Gasteiger partial charge in [0.1, 0.15) is 5.69 Å². The molecule has 0 aliphatic carbocycles. The first-order valence-electron chi connectivity index (χ1n) is 5.75. The maximum Gasteiger partial charge on any atom is 0.273 e. The van der Waals surface area contributed by atoms with Crippen LogP contribution in [0.25, 0.3) is 0 Å². The van der Waals surface area contributed by atoms with E-state index < -0.39 is 0 Å². The van der Waals surface area contributed by atoms with Crippen LogP contribution in [0.15, 0.2) is 5.38 Å². The molecule has 0 bridgehead atoms. The van der Waals surface area contributed by atoms with Crippen molar-refractivity contribution in [3.8, 4) is 0 Å². The molecule has 2 heterocycles. The summed E-state index contributed by atoms with van der Waals surface area (Å²) >= 11 is 1.59. The standard InChI is InChI=1S/C11H17N3OS/c1-2-3-10-13-9(8-16-10)11(15)14-6-4-12-5-7-14/h8,12H,2-7H2,1H3. The molecule has 1 aliphatic rings. The minimum absolute atomic E-state index is 0.0834. The Kier molecular flexibility index (Phi) is 3.90.